The van der Waals surface area contributed by atoms with E-state index in [2.05, 4.69) is 5.32 Å². The van der Waals surface area contributed by atoms with Gasteiger partial charge in [-0.3, -0.25) is 13.9 Å². The van der Waals surface area contributed by atoms with E-state index in [0.717, 1.165) is 42.0 Å². The Morgan fingerprint density at radius 2 is 1.59 bits per heavy atom. The molecule has 0 unspecified atom stereocenters. The number of carbonyl (C=O) groups excluding carboxylic acids is 2. The zero-order chi connectivity index (χ0) is 29.6. The molecule has 0 bridgehead atoms. The molecular formula is C31H35Cl2N3O4S. The zero-order valence-electron chi connectivity index (χ0n) is 23.2. The van der Waals surface area contributed by atoms with Gasteiger partial charge in [-0.1, -0.05) is 84.4 Å². The maximum atomic E-state index is 14.0. The van der Waals surface area contributed by atoms with E-state index in [0.29, 0.717) is 21.3 Å². The number of aryl methyl sites for hydroxylation is 1. The van der Waals surface area contributed by atoms with Gasteiger partial charge in [0, 0.05) is 12.6 Å². The van der Waals surface area contributed by atoms with Gasteiger partial charge < -0.3 is 10.2 Å². The number of benzene rings is 3. The number of carbonyl (C=O) groups is 2. The number of halogens is 2. The highest BCUT2D eigenvalue weighted by atomic mass is 35.5. The summed E-state index contributed by atoms with van der Waals surface area (Å²) in [7, 11) is -4.11. The highest BCUT2D eigenvalue weighted by Crippen LogP contribution is 2.27. The largest absolute Gasteiger partial charge is 0.352 e. The third-order valence-electron chi connectivity index (χ3n) is 7.39. The van der Waals surface area contributed by atoms with Gasteiger partial charge in [-0.2, -0.15) is 0 Å². The Kier molecular flexibility index (Phi) is 10.3. The van der Waals surface area contributed by atoms with Crippen molar-refractivity contribution in [3.63, 3.8) is 0 Å². The van der Waals surface area contributed by atoms with E-state index in [1.165, 1.54) is 17.0 Å². The lowest BCUT2D eigenvalue weighted by Crippen LogP contribution is -2.53. The van der Waals surface area contributed by atoms with Gasteiger partial charge in [0.25, 0.3) is 10.0 Å². The summed E-state index contributed by atoms with van der Waals surface area (Å²) in [5.74, 6) is -0.806. The van der Waals surface area contributed by atoms with Crippen molar-refractivity contribution in [2.24, 2.45) is 0 Å². The third-order valence-corrected chi connectivity index (χ3v) is 9.91. The Balaban J connectivity index is 1.66. The fraction of sp³-hybridized carbons (Fsp3) is 0.355. The molecule has 41 heavy (non-hydrogen) atoms. The van der Waals surface area contributed by atoms with E-state index in [4.69, 9.17) is 23.2 Å². The molecule has 1 aliphatic rings. The van der Waals surface area contributed by atoms with Gasteiger partial charge in [-0.25, -0.2) is 8.42 Å². The second-order valence-corrected chi connectivity index (χ2v) is 13.1. The molecule has 0 aliphatic heterocycles. The first-order chi connectivity index (χ1) is 19.6. The summed E-state index contributed by atoms with van der Waals surface area (Å²) in [6.07, 6.45) is 5.04. The van der Waals surface area contributed by atoms with E-state index >= 15 is 0 Å². The number of amides is 2. The van der Waals surface area contributed by atoms with Crippen LogP contribution in [0.2, 0.25) is 10.0 Å². The molecule has 1 N–H and O–H groups in total. The van der Waals surface area contributed by atoms with Crippen LogP contribution in [0.4, 0.5) is 5.69 Å². The maximum Gasteiger partial charge on any atom is 0.264 e. The van der Waals surface area contributed by atoms with E-state index < -0.39 is 28.5 Å². The Labute approximate surface area is 252 Å². The summed E-state index contributed by atoms with van der Waals surface area (Å²) in [4.78, 5) is 28.9. The smallest absolute Gasteiger partial charge is 0.264 e. The average molecular weight is 617 g/mol. The minimum atomic E-state index is -4.11. The van der Waals surface area contributed by atoms with Crippen molar-refractivity contribution in [2.75, 3.05) is 10.8 Å². The molecule has 10 heteroatoms. The van der Waals surface area contributed by atoms with Crippen molar-refractivity contribution in [1.82, 2.24) is 10.2 Å². The van der Waals surface area contributed by atoms with E-state index in [1.54, 1.807) is 67.6 Å². The molecule has 1 aliphatic carbocycles. The van der Waals surface area contributed by atoms with Crippen LogP contribution in [0.1, 0.15) is 50.2 Å². The summed E-state index contributed by atoms with van der Waals surface area (Å²) < 4.78 is 28.8. The van der Waals surface area contributed by atoms with Crippen molar-refractivity contribution in [1.29, 1.82) is 0 Å². The zero-order valence-corrected chi connectivity index (χ0v) is 25.6. The number of hydrogen-bond donors (Lipinski definition) is 1. The number of rotatable bonds is 10. The Morgan fingerprint density at radius 1 is 0.927 bits per heavy atom. The van der Waals surface area contributed by atoms with Crippen LogP contribution in [0.5, 0.6) is 0 Å². The average Bonchev–Trinajstić information content (AvgIpc) is 2.97. The molecule has 218 valence electrons. The Bertz CT molecular complexity index is 1460. The van der Waals surface area contributed by atoms with E-state index in [1.807, 2.05) is 6.92 Å². The minimum absolute atomic E-state index is 0.0438. The summed E-state index contributed by atoms with van der Waals surface area (Å²) in [6.45, 7) is 3.08. The molecule has 2 amide bonds. The van der Waals surface area contributed by atoms with E-state index in [9.17, 15) is 18.0 Å². The lowest BCUT2D eigenvalue weighted by atomic mass is 9.95. The molecule has 0 aromatic heterocycles. The lowest BCUT2D eigenvalue weighted by Gasteiger charge is -2.33. The van der Waals surface area contributed by atoms with Crippen LogP contribution in [-0.4, -0.2) is 43.8 Å². The molecule has 1 fully saturated rings. The molecule has 1 saturated carbocycles. The highest BCUT2D eigenvalue weighted by Gasteiger charge is 2.33. The Hall–Kier alpha value is -3.07. The molecule has 1 atom stereocenters. The van der Waals surface area contributed by atoms with Crippen LogP contribution in [0.15, 0.2) is 77.7 Å². The summed E-state index contributed by atoms with van der Waals surface area (Å²) in [5, 5.41) is 3.79. The molecule has 0 radical (unpaired) electrons. The monoisotopic (exact) mass is 615 g/mol. The molecule has 4 rings (SSSR count). The molecule has 3 aromatic rings. The van der Waals surface area contributed by atoms with Gasteiger partial charge in [0.2, 0.25) is 11.8 Å². The predicted octanol–water partition coefficient (Wildman–Crippen LogP) is 6.36. The van der Waals surface area contributed by atoms with E-state index in [-0.39, 0.29) is 23.4 Å². The first kappa shape index (κ1) is 30.9. The van der Waals surface area contributed by atoms with Gasteiger partial charge in [0.15, 0.2) is 0 Å². The molecule has 0 saturated heterocycles. The molecule has 7 nitrogen and oxygen atoms in total. The Morgan fingerprint density at radius 3 is 2.22 bits per heavy atom. The quantitative estimate of drug-likeness (QED) is 0.287. The van der Waals surface area contributed by atoms with Crippen molar-refractivity contribution >= 4 is 50.7 Å². The topological polar surface area (TPSA) is 86.8 Å². The first-order valence-electron chi connectivity index (χ1n) is 13.7. The lowest BCUT2D eigenvalue weighted by molar-refractivity contribution is -0.139. The number of anilines is 1. The third kappa shape index (κ3) is 7.82. The maximum absolute atomic E-state index is 14.0. The second-order valence-electron chi connectivity index (χ2n) is 10.4. The molecular weight excluding hydrogens is 581 g/mol. The van der Waals surface area contributed by atoms with Crippen LogP contribution < -0.4 is 9.62 Å². The van der Waals surface area contributed by atoms with Gasteiger partial charge in [-0.15, -0.1) is 0 Å². The minimum Gasteiger partial charge on any atom is -0.352 e. The first-order valence-corrected chi connectivity index (χ1v) is 15.9. The van der Waals surface area contributed by atoms with Gasteiger partial charge in [0.1, 0.15) is 12.6 Å². The second kappa shape index (κ2) is 13.7. The molecule has 0 spiro atoms. The molecule has 0 heterocycles. The van der Waals surface area contributed by atoms with Crippen LogP contribution in [-0.2, 0) is 26.2 Å². The number of nitrogens with one attached hydrogen (secondary N) is 1. The van der Waals surface area contributed by atoms with Gasteiger partial charge in [0.05, 0.1) is 20.6 Å². The number of para-hydroxylation sites is 1. The number of nitrogens with zero attached hydrogens (tertiary/aromatic N) is 2. The van der Waals surface area contributed by atoms with Crippen molar-refractivity contribution < 1.29 is 18.0 Å². The number of sulfonamides is 1. The fourth-order valence-electron chi connectivity index (χ4n) is 4.95. The predicted molar refractivity (Wildman–Crippen MR) is 164 cm³/mol. The highest BCUT2D eigenvalue weighted by molar-refractivity contribution is 7.92. The molecule has 3 aromatic carbocycles. The van der Waals surface area contributed by atoms with Crippen LogP contribution >= 0.6 is 23.2 Å². The summed E-state index contributed by atoms with van der Waals surface area (Å²) in [5.41, 5.74) is 1.92. The standard InChI is InChI=1S/C31H35Cl2N3O4S/c1-22-13-16-27(17-14-22)41(39,40)36(26-11-7-4-8-12-26)21-30(37)35(20-24-15-18-28(32)29(33)19-24)23(2)31(38)34-25-9-5-3-6-10-25/h4,7-8,11-19,23,25H,3,5-6,9-10,20-21H2,1-2H3,(H,34,38)/t23-/m0/s1. The number of hydrogen-bond acceptors (Lipinski definition) is 4. The normalized spacial score (nSPS) is 14.7. The van der Waals surface area contributed by atoms with Crippen molar-refractivity contribution in [2.45, 2.75) is 69.5 Å². The van der Waals surface area contributed by atoms with Crippen molar-refractivity contribution in [3.05, 3.63) is 94.0 Å². The summed E-state index contributed by atoms with van der Waals surface area (Å²) in [6, 6.07) is 19.2. The van der Waals surface area contributed by atoms with Crippen molar-refractivity contribution in [3.8, 4) is 0 Å². The van der Waals surface area contributed by atoms with Crippen LogP contribution in [0.25, 0.3) is 0 Å². The van der Waals surface area contributed by atoms with Gasteiger partial charge in [-0.05, 0) is 68.7 Å². The van der Waals surface area contributed by atoms with Crippen LogP contribution in [0, 0.1) is 6.92 Å². The fourth-order valence-corrected chi connectivity index (χ4v) is 6.68. The SMILES string of the molecule is Cc1ccc(S(=O)(=O)N(CC(=O)N(Cc2ccc(Cl)c(Cl)c2)[C@@H](C)C(=O)NC2CCCCC2)c2ccccc2)cc1. The summed E-state index contributed by atoms with van der Waals surface area (Å²) >= 11 is 12.4. The van der Waals surface area contributed by atoms with Crippen LogP contribution in [0.3, 0.4) is 0 Å². The van der Waals surface area contributed by atoms with Gasteiger partial charge >= 0.3 is 0 Å².